The summed E-state index contributed by atoms with van der Waals surface area (Å²) < 4.78 is 5.76. The third-order valence-electron chi connectivity index (χ3n) is 2.12. The lowest BCUT2D eigenvalue weighted by molar-refractivity contribution is 0.272. The van der Waals surface area contributed by atoms with Crippen molar-refractivity contribution in [3.63, 3.8) is 0 Å². The second-order valence-electron chi connectivity index (χ2n) is 3.67. The molecule has 0 saturated carbocycles. The smallest absolute Gasteiger partial charge is 0.122 e. The zero-order valence-corrected chi connectivity index (χ0v) is 10.7. The summed E-state index contributed by atoms with van der Waals surface area (Å²) in [6.07, 6.45) is 2.76. The fourth-order valence-electron chi connectivity index (χ4n) is 1.25. The maximum atomic E-state index is 5.76. The summed E-state index contributed by atoms with van der Waals surface area (Å²) in [6, 6.07) is 8.12. The van der Waals surface area contributed by atoms with Gasteiger partial charge in [0.1, 0.15) is 5.75 Å². The molecule has 0 aromatic heterocycles. The van der Waals surface area contributed by atoms with E-state index in [0.717, 1.165) is 24.1 Å². The molecule has 0 N–H and O–H groups in total. The van der Waals surface area contributed by atoms with E-state index in [1.54, 1.807) is 0 Å². The van der Waals surface area contributed by atoms with E-state index in [2.05, 4.69) is 35.5 Å². The second-order valence-corrected chi connectivity index (χ2v) is 4.32. The van der Waals surface area contributed by atoms with Crippen molar-refractivity contribution in [1.29, 1.82) is 0 Å². The van der Waals surface area contributed by atoms with Gasteiger partial charge in [0.2, 0.25) is 0 Å². The number of halogens is 1. The Labute approximate surface area is 100 Å². The average Bonchev–Trinajstić information content (AvgIpc) is 2.28. The van der Waals surface area contributed by atoms with Gasteiger partial charge in [-0.3, -0.25) is 0 Å². The summed E-state index contributed by atoms with van der Waals surface area (Å²) in [5.74, 6) is 1.51. The molecule has 15 heavy (non-hydrogen) atoms. The van der Waals surface area contributed by atoms with Crippen LogP contribution in [0.25, 0.3) is 0 Å². The molecule has 0 bridgehead atoms. The molecular formula is C13H17BrO. The van der Waals surface area contributed by atoms with Crippen molar-refractivity contribution in [2.45, 2.75) is 13.3 Å². The Hall–Kier alpha value is -0.760. The Kier molecular flexibility index (Phi) is 5.48. The molecule has 0 amide bonds. The molecule has 82 valence electrons. The van der Waals surface area contributed by atoms with Crippen LogP contribution in [0.15, 0.2) is 36.9 Å². The van der Waals surface area contributed by atoms with Crippen molar-refractivity contribution in [3.8, 4) is 5.75 Å². The van der Waals surface area contributed by atoms with Gasteiger partial charge in [0.25, 0.3) is 0 Å². The number of benzene rings is 1. The Bertz CT molecular complexity index is 309. The minimum atomic E-state index is 0.529. The Morgan fingerprint density at radius 1 is 1.47 bits per heavy atom. The first-order chi connectivity index (χ1) is 7.27. The van der Waals surface area contributed by atoms with Gasteiger partial charge in [0.15, 0.2) is 0 Å². The first-order valence-corrected chi connectivity index (χ1v) is 6.27. The van der Waals surface area contributed by atoms with Crippen LogP contribution in [-0.2, 0) is 6.42 Å². The molecule has 0 saturated heterocycles. The highest BCUT2D eigenvalue weighted by atomic mass is 79.9. The first kappa shape index (κ1) is 12.3. The standard InChI is InChI=1S/C13H17BrO/c1-3-6-12-7-4-5-8-13(12)15-10-11(2)9-14/h3-5,7-8,11H,1,6,9-10H2,2H3. The maximum absolute atomic E-state index is 5.76. The molecule has 0 fully saturated rings. The fraction of sp³-hybridized carbons (Fsp3) is 0.385. The molecule has 1 atom stereocenters. The molecule has 1 unspecified atom stereocenters. The molecule has 0 heterocycles. The lowest BCUT2D eigenvalue weighted by Crippen LogP contribution is -2.10. The molecule has 1 rings (SSSR count). The van der Waals surface area contributed by atoms with Gasteiger partial charge < -0.3 is 4.74 Å². The van der Waals surface area contributed by atoms with Crippen molar-refractivity contribution in [1.82, 2.24) is 0 Å². The Morgan fingerprint density at radius 2 is 2.20 bits per heavy atom. The van der Waals surface area contributed by atoms with E-state index >= 15 is 0 Å². The van der Waals surface area contributed by atoms with Gasteiger partial charge in [-0.05, 0) is 24.0 Å². The van der Waals surface area contributed by atoms with E-state index in [0.29, 0.717) is 5.92 Å². The minimum absolute atomic E-state index is 0.529. The maximum Gasteiger partial charge on any atom is 0.122 e. The summed E-state index contributed by atoms with van der Waals surface area (Å²) in [5, 5.41) is 0.969. The largest absolute Gasteiger partial charge is 0.493 e. The average molecular weight is 269 g/mol. The van der Waals surface area contributed by atoms with Crippen molar-refractivity contribution in [2.75, 3.05) is 11.9 Å². The van der Waals surface area contributed by atoms with Crippen molar-refractivity contribution in [2.24, 2.45) is 5.92 Å². The molecular weight excluding hydrogens is 252 g/mol. The molecule has 0 aliphatic carbocycles. The molecule has 1 aromatic rings. The van der Waals surface area contributed by atoms with Crippen LogP contribution in [0.5, 0.6) is 5.75 Å². The van der Waals surface area contributed by atoms with Crippen molar-refractivity contribution in [3.05, 3.63) is 42.5 Å². The van der Waals surface area contributed by atoms with Gasteiger partial charge in [0.05, 0.1) is 6.61 Å². The van der Waals surface area contributed by atoms with Crippen LogP contribution in [0, 0.1) is 5.92 Å². The lowest BCUT2D eigenvalue weighted by Gasteiger charge is -2.13. The van der Waals surface area contributed by atoms with Crippen LogP contribution >= 0.6 is 15.9 Å². The molecule has 0 aliphatic rings. The van der Waals surface area contributed by atoms with Crippen LogP contribution in [0.1, 0.15) is 12.5 Å². The summed E-state index contributed by atoms with van der Waals surface area (Å²) in [7, 11) is 0. The van der Waals surface area contributed by atoms with E-state index < -0.39 is 0 Å². The van der Waals surface area contributed by atoms with Crippen molar-refractivity contribution < 1.29 is 4.74 Å². The number of allylic oxidation sites excluding steroid dienone is 1. The summed E-state index contributed by atoms with van der Waals surface area (Å²) in [6.45, 7) is 6.65. The molecule has 0 aliphatic heterocycles. The quantitative estimate of drug-likeness (QED) is 0.563. The van der Waals surface area contributed by atoms with E-state index in [9.17, 15) is 0 Å². The normalized spacial score (nSPS) is 12.1. The predicted octanol–water partition coefficient (Wildman–Crippen LogP) is 3.82. The SMILES string of the molecule is C=CCc1ccccc1OCC(C)CBr. The van der Waals surface area contributed by atoms with Crippen LogP contribution in [0.2, 0.25) is 0 Å². The van der Waals surface area contributed by atoms with Gasteiger partial charge in [0, 0.05) is 5.33 Å². The lowest BCUT2D eigenvalue weighted by atomic mass is 10.1. The van der Waals surface area contributed by atoms with Crippen molar-refractivity contribution >= 4 is 15.9 Å². The number of para-hydroxylation sites is 1. The van der Waals surface area contributed by atoms with E-state index in [1.165, 1.54) is 5.56 Å². The summed E-state index contributed by atoms with van der Waals surface area (Å²) in [4.78, 5) is 0. The van der Waals surface area contributed by atoms with Gasteiger partial charge in [-0.2, -0.15) is 0 Å². The van der Waals surface area contributed by atoms with E-state index in [4.69, 9.17) is 4.74 Å². The summed E-state index contributed by atoms with van der Waals surface area (Å²) in [5.41, 5.74) is 1.20. The van der Waals surface area contributed by atoms with Gasteiger partial charge >= 0.3 is 0 Å². The molecule has 1 nitrogen and oxygen atoms in total. The van der Waals surface area contributed by atoms with Gasteiger partial charge in [-0.25, -0.2) is 0 Å². The number of alkyl halides is 1. The molecule has 0 radical (unpaired) electrons. The zero-order valence-electron chi connectivity index (χ0n) is 9.08. The summed E-state index contributed by atoms with van der Waals surface area (Å²) >= 11 is 3.44. The number of rotatable bonds is 6. The third kappa shape index (κ3) is 4.08. The number of hydrogen-bond donors (Lipinski definition) is 0. The van der Waals surface area contributed by atoms with E-state index in [1.807, 2.05) is 24.3 Å². The van der Waals surface area contributed by atoms with Gasteiger partial charge in [-0.1, -0.05) is 47.1 Å². The molecule has 1 aromatic carbocycles. The van der Waals surface area contributed by atoms with Crippen LogP contribution < -0.4 is 4.74 Å². The number of ether oxygens (including phenoxy) is 1. The monoisotopic (exact) mass is 268 g/mol. The highest BCUT2D eigenvalue weighted by molar-refractivity contribution is 9.09. The fourth-order valence-corrected chi connectivity index (χ4v) is 1.43. The Morgan fingerprint density at radius 3 is 2.87 bits per heavy atom. The van der Waals surface area contributed by atoms with E-state index in [-0.39, 0.29) is 0 Å². The second kappa shape index (κ2) is 6.67. The molecule has 2 heteroatoms. The predicted molar refractivity (Wildman–Crippen MR) is 68.8 cm³/mol. The van der Waals surface area contributed by atoms with Gasteiger partial charge in [-0.15, -0.1) is 6.58 Å². The number of hydrogen-bond acceptors (Lipinski definition) is 1. The topological polar surface area (TPSA) is 9.23 Å². The van der Waals surface area contributed by atoms with Crippen LogP contribution in [0.4, 0.5) is 0 Å². The zero-order chi connectivity index (χ0) is 11.1. The highest BCUT2D eigenvalue weighted by Crippen LogP contribution is 2.19. The third-order valence-corrected chi connectivity index (χ3v) is 3.23. The minimum Gasteiger partial charge on any atom is -0.493 e. The van der Waals surface area contributed by atoms with Crippen LogP contribution in [0.3, 0.4) is 0 Å². The first-order valence-electron chi connectivity index (χ1n) is 5.15. The van der Waals surface area contributed by atoms with Crippen LogP contribution in [-0.4, -0.2) is 11.9 Å². The highest BCUT2D eigenvalue weighted by Gasteiger charge is 2.04. The molecule has 0 spiro atoms. The Balaban J connectivity index is 2.62.